The summed E-state index contributed by atoms with van der Waals surface area (Å²) in [5.74, 6) is 0.932. The van der Waals surface area contributed by atoms with Crippen molar-refractivity contribution in [3.8, 4) is 0 Å². The second-order valence-electron chi connectivity index (χ2n) is 5.17. The van der Waals surface area contributed by atoms with Gasteiger partial charge >= 0.3 is 0 Å². The summed E-state index contributed by atoms with van der Waals surface area (Å²) in [5, 5.41) is 7.04. The zero-order chi connectivity index (χ0) is 11.5. The highest BCUT2D eigenvalue weighted by Crippen LogP contribution is 2.10. The molecule has 0 radical (unpaired) electrons. The molecular formula is C14H30N2. The number of rotatable bonds is 9. The maximum absolute atomic E-state index is 3.62. The fraction of sp³-hybridized carbons (Fsp3) is 1.00. The third-order valence-corrected chi connectivity index (χ3v) is 3.60. The zero-order valence-electron chi connectivity index (χ0n) is 11.1. The molecular weight excluding hydrogens is 196 g/mol. The fourth-order valence-corrected chi connectivity index (χ4v) is 2.42. The Bertz CT molecular complexity index is 142. The van der Waals surface area contributed by atoms with Crippen LogP contribution in [-0.4, -0.2) is 26.2 Å². The quantitative estimate of drug-likeness (QED) is 0.591. The van der Waals surface area contributed by atoms with Gasteiger partial charge in [0.15, 0.2) is 0 Å². The number of unbranched alkanes of at least 4 members (excludes halogenated alkanes) is 5. The molecule has 0 amide bonds. The molecule has 1 aliphatic heterocycles. The largest absolute Gasteiger partial charge is 0.317 e. The summed E-state index contributed by atoms with van der Waals surface area (Å²) < 4.78 is 0. The Balaban J connectivity index is 1.77. The Hall–Kier alpha value is -0.0800. The van der Waals surface area contributed by atoms with Crippen LogP contribution in [0.25, 0.3) is 0 Å². The fourth-order valence-electron chi connectivity index (χ4n) is 2.42. The van der Waals surface area contributed by atoms with Gasteiger partial charge in [0, 0.05) is 0 Å². The van der Waals surface area contributed by atoms with Crippen LogP contribution in [0.3, 0.4) is 0 Å². The van der Waals surface area contributed by atoms with Crippen molar-refractivity contribution in [2.24, 2.45) is 5.92 Å². The van der Waals surface area contributed by atoms with Gasteiger partial charge < -0.3 is 10.6 Å². The lowest BCUT2D eigenvalue weighted by atomic mass is 9.98. The van der Waals surface area contributed by atoms with Crippen molar-refractivity contribution in [1.82, 2.24) is 10.6 Å². The van der Waals surface area contributed by atoms with Crippen molar-refractivity contribution in [1.29, 1.82) is 0 Å². The van der Waals surface area contributed by atoms with Crippen molar-refractivity contribution in [2.75, 3.05) is 26.2 Å². The first-order valence-corrected chi connectivity index (χ1v) is 7.35. The topological polar surface area (TPSA) is 24.1 Å². The minimum absolute atomic E-state index is 0.932. The van der Waals surface area contributed by atoms with Gasteiger partial charge in [-0.3, -0.25) is 0 Å². The molecule has 0 unspecified atom stereocenters. The second-order valence-corrected chi connectivity index (χ2v) is 5.17. The van der Waals surface area contributed by atoms with Crippen molar-refractivity contribution < 1.29 is 0 Å². The number of piperidine rings is 1. The van der Waals surface area contributed by atoms with Gasteiger partial charge in [-0.05, 0) is 51.4 Å². The number of hydrogen-bond donors (Lipinski definition) is 2. The van der Waals surface area contributed by atoms with Crippen LogP contribution in [-0.2, 0) is 0 Å². The summed E-state index contributed by atoms with van der Waals surface area (Å²) in [7, 11) is 0. The molecule has 0 spiro atoms. The molecule has 1 aliphatic rings. The maximum atomic E-state index is 3.62. The molecule has 96 valence electrons. The highest BCUT2D eigenvalue weighted by Gasteiger charge is 2.11. The van der Waals surface area contributed by atoms with Gasteiger partial charge in [0.1, 0.15) is 0 Å². The highest BCUT2D eigenvalue weighted by atomic mass is 14.9. The smallest absolute Gasteiger partial charge is 0.00196 e. The van der Waals surface area contributed by atoms with Gasteiger partial charge in [0.25, 0.3) is 0 Å². The second kappa shape index (κ2) is 10.1. The van der Waals surface area contributed by atoms with Gasteiger partial charge in [0.05, 0.1) is 0 Å². The minimum atomic E-state index is 0.932. The lowest BCUT2D eigenvalue weighted by molar-refractivity contribution is 0.355. The summed E-state index contributed by atoms with van der Waals surface area (Å²) in [4.78, 5) is 0. The highest BCUT2D eigenvalue weighted by molar-refractivity contribution is 4.70. The summed E-state index contributed by atoms with van der Waals surface area (Å²) in [6.45, 7) is 7.21. The average Bonchev–Trinajstić information content (AvgIpc) is 2.34. The van der Waals surface area contributed by atoms with Gasteiger partial charge in [-0.2, -0.15) is 0 Å². The zero-order valence-corrected chi connectivity index (χ0v) is 11.1. The Morgan fingerprint density at radius 3 is 2.44 bits per heavy atom. The molecule has 0 aromatic rings. The minimum Gasteiger partial charge on any atom is -0.317 e. The van der Waals surface area contributed by atoms with E-state index in [1.165, 1.54) is 77.5 Å². The van der Waals surface area contributed by atoms with Crippen molar-refractivity contribution in [3.05, 3.63) is 0 Å². The first-order chi connectivity index (χ1) is 7.93. The molecule has 0 aliphatic carbocycles. The van der Waals surface area contributed by atoms with Crippen LogP contribution in [0.5, 0.6) is 0 Å². The Labute approximate surface area is 102 Å². The Morgan fingerprint density at radius 2 is 1.69 bits per heavy atom. The predicted molar refractivity (Wildman–Crippen MR) is 71.8 cm³/mol. The van der Waals surface area contributed by atoms with E-state index in [0.29, 0.717) is 0 Å². The Morgan fingerprint density at radius 1 is 1.00 bits per heavy atom. The summed E-state index contributed by atoms with van der Waals surface area (Å²) in [6.07, 6.45) is 11.2. The normalized spacial score (nSPS) is 17.8. The van der Waals surface area contributed by atoms with E-state index in [1.807, 2.05) is 0 Å². The Kier molecular flexibility index (Phi) is 8.83. The maximum Gasteiger partial charge on any atom is -0.00196 e. The molecule has 1 saturated heterocycles. The van der Waals surface area contributed by atoms with Crippen molar-refractivity contribution >= 4 is 0 Å². The van der Waals surface area contributed by atoms with Crippen LogP contribution in [0.2, 0.25) is 0 Å². The summed E-state index contributed by atoms with van der Waals surface area (Å²) >= 11 is 0. The van der Waals surface area contributed by atoms with E-state index in [4.69, 9.17) is 0 Å². The van der Waals surface area contributed by atoms with Crippen LogP contribution in [0.4, 0.5) is 0 Å². The molecule has 0 aromatic carbocycles. The predicted octanol–water partition coefficient (Wildman–Crippen LogP) is 2.94. The molecule has 2 nitrogen and oxygen atoms in total. The van der Waals surface area contributed by atoms with Crippen LogP contribution >= 0.6 is 0 Å². The molecule has 1 heterocycles. The van der Waals surface area contributed by atoms with E-state index in [1.54, 1.807) is 0 Å². The van der Waals surface area contributed by atoms with E-state index in [9.17, 15) is 0 Å². The lowest BCUT2D eigenvalue weighted by Crippen LogP contribution is -2.33. The van der Waals surface area contributed by atoms with Gasteiger partial charge in [0.2, 0.25) is 0 Å². The van der Waals surface area contributed by atoms with E-state index in [2.05, 4.69) is 17.6 Å². The molecule has 2 N–H and O–H groups in total. The van der Waals surface area contributed by atoms with Crippen LogP contribution in [0.1, 0.15) is 58.3 Å². The van der Waals surface area contributed by atoms with Crippen LogP contribution < -0.4 is 10.6 Å². The van der Waals surface area contributed by atoms with Gasteiger partial charge in [-0.15, -0.1) is 0 Å². The first-order valence-electron chi connectivity index (χ1n) is 7.35. The number of nitrogens with one attached hydrogen (secondary N) is 2. The van der Waals surface area contributed by atoms with Crippen LogP contribution in [0, 0.1) is 5.92 Å². The molecule has 2 heteroatoms. The van der Waals surface area contributed by atoms with Gasteiger partial charge in [-0.1, -0.05) is 39.0 Å². The molecule has 0 aromatic heterocycles. The average molecular weight is 226 g/mol. The monoisotopic (exact) mass is 226 g/mol. The third kappa shape index (κ3) is 7.24. The molecule has 0 atom stereocenters. The van der Waals surface area contributed by atoms with E-state index < -0.39 is 0 Å². The molecule has 16 heavy (non-hydrogen) atoms. The van der Waals surface area contributed by atoms with E-state index in [-0.39, 0.29) is 0 Å². The van der Waals surface area contributed by atoms with Gasteiger partial charge in [-0.25, -0.2) is 0 Å². The standard InChI is InChI=1S/C14H30N2/c1-2-3-4-5-6-7-10-16-13-14-8-11-15-12-9-14/h14-16H,2-13H2,1H3. The lowest BCUT2D eigenvalue weighted by Gasteiger charge is -2.22. The molecule has 0 bridgehead atoms. The number of hydrogen-bond acceptors (Lipinski definition) is 2. The molecule has 1 rings (SSSR count). The molecule has 1 fully saturated rings. The van der Waals surface area contributed by atoms with E-state index >= 15 is 0 Å². The first kappa shape index (κ1) is 14.0. The van der Waals surface area contributed by atoms with Crippen molar-refractivity contribution in [3.63, 3.8) is 0 Å². The van der Waals surface area contributed by atoms with Crippen LogP contribution in [0.15, 0.2) is 0 Å². The summed E-state index contributed by atoms with van der Waals surface area (Å²) in [6, 6.07) is 0. The summed E-state index contributed by atoms with van der Waals surface area (Å²) in [5.41, 5.74) is 0. The van der Waals surface area contributed by atoms with Crippen molar-refractivity contribution in [2.45, 2.75) is 58.3 Å². The third-order valence-electron chi connectivity index (χ3n) is 3.60. The van der Waals surface area contributed by atoms with E-state index in [0.717, 1.165) is 5.92 Å². The SMILES string of the molecule is CCCCCCCCNCC1CCNCC1. The molecule has 0 saturated carbocycles.